The fraction of sp³-hybridized carbons (Fsp3) is 1.00. The van der Waals surface area contributed by atoms with Crippen LogP contribution in [-0.2, 0) is 0 Å². The van der Waals surface area contributed by atoms with Gasteiger partial charge in [-0.25, -0.2) is 0 Å². The Morgan fingerprint density at radius 3 is 2.68 bits per heavy atom. The van der Waals surface area contributed by atoms with Crippen LogP contribution >= 0.6 is 0 Å². The maximum Gasteiger partial charge on any atom is 0.0223 e. The van der Waals surface area contributed by atoms with Gasteiger partial charge in [-0.2, -0.15) is 0 Å². The fourth-order valence-electron chi connectivity index (χ4n) is 4.73. The van der Waals surface area contributed by atoms with E-state index in [0.29, 0.717) is 5.41 Å². The minimum atomic E-state index is 0.589. The normalized spacial score (nSPS) is 32.4. The number of nitrogens with one attached hydrogen (secondary N) is 1. The van der Waals surface area contributed by atoms with Gasteiger partial charge in [-0.1, -0.05) is 19.3 Å². The van der Waals surface area contributed by atoms with E-state index in [4.69, 9.17) is 0 Å². The highest BCUT2D eigenvalue weighted by Gasteiger charge is 2.37. The van der Waals surface area contributed by atoms with Gasteiger partial charge < -0.3 is 5.32 Å². The topological polar surface area (TPSA) is 18.5 Å². The number of piperazine rings is 1. The molecule has 3 nitrogen and oxygen atoms in total. The van der Waals surface area contributed by atoms with Crippen molar-refractivity contribution in [3.05, 3.63) is 0 Å². The molecule has 0 spiro atoms. The zero-order valence-corrected chi connectivity index (χ0v) is 12.7. The molecule has 0 aromatic heterocycles. The third kappa shape index (κ3) is 3.14. The molecule has 3 rings (SSSR count). The van der Waals surface area contributed by atoms with E-state index in [9.17, 15) is 0 Å². The van der Waals surface area contributed by atoms with E-state index < -0.39 is 0 Å². The Bertz CT molecular complexity index is 286. The molecule has 2 heterocycles. The first-order valence-electron chi connectivity index (χ1n) is 8.42. The summed E-state index contributed by atoms with van der Waals surface area (Å²) in [5.74, 6) is 0. The molecule has 3 aliphatic rings. The summed E-state index contributed by atoms with van der Waals surface area (Å²) in [6.45, 7) is 7.89. The second-order valence-electron chi connectivity index (χ2n) is 7.16. The molecule has 3 heteroatoms. The Kier molecular flexibility index (Phi) is 4.45. The molecule has 1 saturated carbocycles. The van der Waals surface area contributed by atoms with Gasteiger partial charge in [0.25, 0.3) is 0 Å². The number of hydrogen-bond acceptors (Lipinski definition) is 3. The van der Waals surface area contributed by atoms with Crippen LogP contribution < -0.4 is 5.32 Å². The summed E-state index contributed by atoms with van der Waals surface area (Å²) in [4.78, 5) is 5.54. The van der Waals surface area contributed by atoms with Crippen LogP contribution in [0.3, 0.4) is 0 Å². The molecule has 2 saturated heterocycles. The van der Waals surface area contributed by atoms with Crippen molar-refractivity contribution < 1.29 is 0 Å². The predicted octanol–water partition coefficient (Wildman–Crippen LogP) is 1.94. The highest BCUT2D eigenvalue weighted by Crippen LogP contribution is 2.38. The van der Waals surface area contributed by atoms with E-state index >= 15 is 0 Å². The number of fused-ring (bicyclic) bond motifs is 1. The third-order valence-electron chi connectivity index (χ3n) is 5.70. The fourth-order valence-corrected chi connectivity index (χ4v) is 4.73. The Hall–Kier alpha value is -0.120. The Balaban J connectivity index is 1.57. The highest BCUT2D eigenvalue weighted by atomic mass is 15.3. The van der Waals surface area contributed by atoms with Crippen molar-refractivity contribution in [3.8, 4) is 0 Å². The van der Waals surface area contributed by atoms with Crippen LogP contribution in [0.2, 0.25) is 0 Å². The minimum Gasteiger partial charge on any atom is -0.319 e. The van der Waals surface area contributed by atoms with E-state index in [-0.39, 0.29) is 0 Å². The molecule has 1 N–H and O–H groups in total. The molecule has 1 unspecified atom stereocenters. The third-order valence-corrected chi connectivity index (χ3v) is 5.70. The molecule has 2 aliphatic heterocycles. The highest BCUT2D eigenvalue weighted by molar-refractivity contribution is 4.92. The van der Waals surface area contributed by atoms with Crippen molar-refractivity contribution >= 4 is 0 Å². The van der Waals surface area contributed by atoms with E-state index in [1.54, 1.807) is 0 Å². The van der Waals surface area contributed by atoms with Crippen LogP contribution in [0, 0.1) is 5.41 Å². The van der Waals surface area contributed by atoms with Crippen molar-refractivity contribution in [2.75, 3.05) is 46.3 Å². The molecular weight excluding hydrogens is 234 g/mol. The minimum absolute atomic E-state index is 0.589. The molecule has 0 aromatic rings. The molecule has 19 heavy (non-hydrogen) atoms. The van der Waals surface area contributed by atoms with Crippen LogP contribution in [0.4, 0.5) is 0 Å². The summed E-state index contributed by atoms with van der Waals surface area (Å²) in [6.07, 6.45) is 10.1. The molecule has 3 fully saturated rings. The summed E-state index contributed by atoms with van der Waals surface area (Å²) in [7, 11) is 2.12. The van der Waals surface area contributed by atoms with Gasteiger partial charge in [0.05, 0.1) is 0 Å². The van der Waals surface area contributed by atoms with Gasteiger partial charge in [0.15, 0.2) is 0 Å². The van der Waals surface area contributed by atoms with Gasteiger partial charge in [0.2, 0.25) is 0 Å². The van der Waals surface area contributed by atoms with Crippen LogP contribution in [0.25, 0.3) is 0 Å². The lowest BCUT2D eigenvalue weighted by atomic mass is 9.84. The van der Waals surface area contributed by atoms with E-state index in [0.717, 1.165) is 6.04 Å². The first-order valence-corrected chi connectivity index (χ1v) is 8.42. The SMILES string of the molecule is CNCC1(CN2CCN3CCCCC3C2)CCCC1. The van der Waals surface area contributed by atoms with Crippen molar-refractivity contribution in [3.63, 3.8) is 0 Å². The predicted molar refractivity (Wildman–Crippen MR) is 80.5 cm³/mol. The van der Waals surface area contributed by atoms with Crippen LogP contribution in [0.5, 0.6) is 0 Å². The summed E-state index contributed by atoms with van der Waals surface area (Å²) in [6, 6.07) is 0.871. The van der Waals surface area contributed by atoms with Crippen LogP contribution in [0.1, 0.15) is 44.9 Å². The molecule has 0 aromatic carbocycles. The zero-order chi connectivity index (χ0) is 13.1. The van der Waals surface area contributed by atoms with E-state index in [2.05, 4.69) is 22.2 Å². The largest absolute Gasteiger partial charge is 0.319 e. The molecule has 0 amide bonds. The molecular formula is C16H31N3. The standard InChI is InChI=1S/C16H31N3/c1-17-13-16(7-3-4-8-16)14-18-10-11-19-9-5-2-6-15(19)12-18/h15,17H,2-14H2,1H3. The maximum absolute atomic E-state index is 3.46. The van der Waals surface area contributed by atoms with Crippen molar-refractivity contribution in [1.29, 1.82) is 0 Å². The summed E-state index contributed by atoms with van der Waals surface area (Å²) < 4.78 is 0. The zero-order valence-electron chi connectivity index (χ0n) is 12.7. The van der Waals surface area contributed by atoms with Gasteiger partial charge in [0.1, 0.15) is 0 Å². The number of nitrogens with zero attached hydrogens (tertiary/aromatic N) is 2. The molecule has 0 radical (unpaired) electrons. The van der Waals surface area contributed by atoms with Crippen molar-refractivity contribution in [2.24, 2.45) is 5.41 Å². The maximum atomic E-state index is 3.46. The van der Waals surface area contributed by atoms with Gasteiger partial charge in [0, 0.05) is 38.8 Å². The van der Waals surface area contributed by atoms with Gasteiger partial charge in [-0.05, 0) is 44.7 Å². The van der Waals surface area contributed by atoms with Crippen LogP contribution in [0.15, 0.2) is 0 Å². The number of piperidine rings is 1. The molecule has 110 valence electrons. The molecule has 0 bridgehead atoms. The lowest BCUT2D eigenvalue weighted by Gasteiger charge is -2.46. The number of rotatable bonds is 4. The average Bonchev–Trinajstić information content (AvgIpc) is 2.87. The second-order valence-corrected chi connectivity index (χ2v) is 7.16. The smallest absolute Gasteiger partial charge is 0.0223 e. The van der Waals surface area contributed by atoms with Crippen LogP contribution in [-0.4, -0.2) is 62.2 Å². The Morgan fingerprint density at radius 2 is 1.89 bits per heavy atom. The summed E-state index contributed by atoms with van der Waals surface area (Å²) in [5.41, 5.74) is 0.589. The van der Waals surface area contributed by atoms with Crippen molar-refractivity contribution in [2.45, 2.75) is 51.0 Å². The number of hydrogen-bond donors (Lipinski definition) is 1. The van der Waals surface area contributed by atoms with Gasteiger partial charge >= 0.3 is 0 Å². The average molecular weight is 265 g/mol. The van der Waals surface area contributed by atoms with Gasteiger partial charge in [-0.3, -0.25) is 9.80 Å². The van der Waals surface area contributed by atoms with Gasteiger partial charge in [-0.15, -0.1) is 0 Å². The molecule has 1 atom stereocenters. The first kappa shape index (κ1) is 13.8. The first-order chi connectivity index (χ1) is 9.31. The Morgan fingerprint density at radius 1 is 1.05 bits per heavy atom. The molecule has 1 aliphatic carbocycles. The summed E-state index contributed by atoms with van der Waals surface area (Å²) in [5, 5.41) is 3.46. The monoisotopic (exact) mass is 265 g/mol. The lowest BCUT2D eigenvalue weighted by Crippen LogP contribution is -2.57. The summed E-state index contributed by atoms with van der Waals surface area (Å²) >= 11 is 0. The van der Waals surface area contributed by atoms with E-state index in [1.807, 2.05) is 0 Å². The lowest BCUT2D eigenvalue weighted by molar-refractivity contribution is 0.0267. The second kappa shape index (κ2) is 6.11. The quantitative estimate of drug-likeness (QED) is 0.838. The van der Waals surface area contributed by atoms with E-state index in [1.165, 1.54) is 84.2 Å². The van der Waals surface area contributed by atoms with Crippen molar-refractivity contribution in [1.82, 2.24) is 15.1 Å². The Labute approximate surface area is 118 Å².